The molecule has 0 spiro atoms. The highest BCUT2D eigenvalue weighted by molar-refractivity contribution is 5.75. The Balaban J connectivity index is 4.70. The lowest BCUT2D eigenvalue weighted by atomic mass is 9.79. The van der Waals surface area contributed by atoms with Gasteiger partial charge in [-0.1, -0.05) is 53.9 Å². The van der Waals surface area contributed by atoms with Crippen molar-refractivity contribution < 1.29 is 14.7 Å². The van der Waals surface area contributed by atoms with Crippen LogP contribution in [0.1, 0.15) is 73.1 Å². The monoisotopic (exact) mass is 328 g/mol. The molecule has 0 aliphatic rings. The topological polar surface area (TPSA) is 83.6 Å². The van der Waals surface area contributed by atoms with Crippen molar-refractivity contribution in [2.24, 2.45) is 29.5 Å². The molecule has 0 aromatic carbocycles. The van der Waals surface area contributed by atoms with E-state index in [1.807, 2.05) is 0 Å². The summed E-state index contributed by atoms with van der Waals surface area (Å²) in [6.07, 6.45) is 4.65. The molecular weight excluding hydrogens is 292 g/mol. The van der Waals surface area contributed by atoms with Gasteiger partial charge in [-0.2, -0.15) is 0 Å². The Morgan fingerprint density at radius 2 is 1.74 bits per heavy atom. The van der Waals surface area contributed by atoms with Crippen LogP contribution in [0, 0.1) is 23.7 Å². The molecule has 0 rings (SSSR count). The smallest absolute Gasteiger partial charge is 0.303 e. The molecule has 0 saturated heterocycles. The van der Waals surface area contributed by atoms with E-state index >= 15 is 0 Å². The van der Waals surface area contributed by atoms with Crippen molar-refractivity contribution in [3.8, 4) is 0 Å². The minimum absolute atomic E-state index is 0.0583. The van der Waals surface area contributed by atoms with E-state index in [9.17, 15) is 14.7 Å². The first kappa shape index (κ1) is 21.9. The van der Waals surface area contributed by atoms with Gasteiger partial charge in [0.2, 0.25) is 5.91 Å². The lowest BCUT2D eigenvalue weighted by molar-refractivity contribution is -0.140. The van der Waals surface area contributed by atoms with Crippen LogP contribution in [0.5, 0.6) is 0 Å². The quantitative estimate of drug-likeness (QED) is 0.325. The van der Waals surface area contributed by atoms with Gasteiger partial charge in [-0.15, -0.1) is 0 Å². The number of carbonyl (C=O) groups is 2. The Morgan fingerprint density at radius 1 is 1.13 bits per heavy atom. The largest absolute Gasteiger partial charge is 0.481 e. The molecule has 0 bridgehead atoms. The van der Waals surface area contributed by atoms with Crippen LogP contribution in [0.15, 0.2) is 0 Å². The molecule has 0 radical (unpaired) electrons. The molecule has 0 fully saturated rings. The molecule has 0 heterocycles. The zero-order valence-electron chi connectivity index (χ0n) is 15.5. The van der Waals surface area contributed by atoms with Gasteiger partial charge in [0.05, 0.1) is 6.42 Å². The van der Waals surface area contributed by atoms with E-state index in [-0.39, 0.29) is 24.2 Å². The van der Waals surface area contributed by atoms with Crippen LogP contribution in [0.4, 0.5) is 0 Å². The Labute approximate surface area is 141 Å². The van der Waals surface area contributed by atoms with Crippen molar-refractivity contribution in [3.05, 3.63) is 0 Å². The fraction of sp³-hybridized carbons (Fsp3) is 0.889. The summed E-state index contributed by atoms with van der Waals surface area (Å²) in [5.74, 6) is 5.99. The summed E-state index contributed by atoms with van der Waals surface area (Å²) >= 11 is 0. The predicted octanol–water partition coefficient (Wildman–Crippen LogP) is 3.68. The second kappa shape index (κ2) is 11.4. The van der Waals surface area contributed by atoms with Crippen LogP contribution in [0.25, 0.3) is 0 Å². The Kier molecular flexibility index (Phi) is 10.9. The fourth-order valence-corrected chi connectivity index (χ4v) is 2.80. The van der Waals surface area contributed by atoms with E-state index < -0.39 is 5.97 Å². The average Bonchev–Trinajstić information content (AvgIpc) is 2.47. The first-order valence-electron chi connectivity index (χ1n) is 8.95. The fourth-order valence-electron chi connectivity index (χ4n) is 2.80. The molecular formula is C18H36N2O3. The van der Waals surface area contributed by atoms with Crippen molar-refractivity contribution in [1.82, 2.24) is 5.01 Å². The molecule has 3 N–H and O–H groups in total. The second-order valence-corrected chi connectivity index (χ2v) is 7.32. The van der Waals surface area contributed by atoms with Gasteiger partial charge in [-0.3, -0.25) is 14.6 Å². The normalized spacial score (nSPS) is 15.3. The highest BCUT2D eigenvalue weighted by Crippen LogP contribution is 2.28. The van der Waals surface area contributed by atoms with Gasteiger partial charge < -0.3 is 5.11 Å². The SMILES string of the molecule is CCCCC(C)C(C)C(CC(=O)O)CN(N)C(=O)CCC(C)C. The molecule has 1 amide bonds. The van der Waals surface area contributed by atoms with Crippen molar-refractivity contribution >= 4 is 11.9 Å². The standard InChI is InChI=1S/C18H36N2O3/c1-6-7-8-14(4)15(5)16(11-18(22)23)12-20(19)17(21)10-9-13(2)3/h13-16H,6-12,19H2,1-5H3,(H,22,23). The van der Waals surface area contributed by atoms with Gasteiger partial charge in [-0.25, -0.2) is 5.84 Å². The van der Waals surface area contributed by atoms with Gasteiger partial charge in [0.15, 0.2) is 0 Å². The molecule has 5 heteroatoms. The number of unbranched alkanes of at least 4 members (excludes halogenated alkanes) is 1. The van der Waals surface area contributed by atoms with Crippen LogP contribution in [0.3, 0.4) is 0 Å². The highest BCUT2D eigenvalue weighted by Gasteiger charge is 2.27. The molecule has 5 nitrogen and oxygen atoms in total. The Morgan fingerprint density at radius 3 is 2.22 bits per heavy atom. The first-order chi connectivity index (χ1) is 10.7. The second-order valence-electron chi connectivity index (χ2n) is 7.32. The summed E-state index contributed by atoms with van der Waals surface area (Å²) in [5.41, 5.74) is 0. The third kappa shape index (κ3) is 9.59. The van der Waals surface area contributed by atoms with Crippen LogP contribution in [-0.4, -0.2) is 28.5 Å². The molecule has 0 aromatic heterocycles. The number of amides is 1. The summed E-state index contributed by atoms with van der Waals surface area (Å²) in [7, 11) is 0. The maximum atomic E-state index is 12.1. The summed E-state index contributed by atoms with van der Waals surface area (Å²) in [6.45, 7) is 10.9. The maximum absolute atomic E-state index is 12.1. The lowest BCUT2D eigenvalue weighted by Crippen LogP contribution is -2.43. The first-order valence-corrected chi connectivity index (χ1v) is 8.95. The van der Waals surface area contributed by atoms with E-state index in [0.717, 1.165) is 25.7 Å². The minimum Gasteiger partial charge on any atom is -0.481 e. The number of carboxylic acid groups (broad SMARTS) is 1. The van der Waals surface area contributed by atoms with Crippen molar-refractivity contribution in [3.63, 3.8) is 0 Å². The summed E-state index contributed by atoms with van der Waals surface area (Å²) < 4.78 is 0. The van der Waals surface area contributed by atoms with Crippen LogP contribution in [-0.2, 0) is 9.59 Å². The number of carboxylic acids is 1. The predicted molar refractivity (Wildman–Crippen MR) is 93.6 cm³/mol. The molecule has 136 valence electrons. The zero-order valence-corrected chi connectivity index (χ0v) is 15.5. The number of nitrogens with two attached hydrogens (primary N) is 1. The average molecular weight is 328 g/mol. The van der Waals surface area contributed by atoms with E-state index in [2.05, 4.69) is 34.6 Å². The molecule has 0 aliphatic carbocycles. The third-order valence-corrected chi connectivity index (χ3v) is 4.78. The van der Waals surface area contributed by atoms with E-state index in [1.54, 1.807) is 0 Å². The van der Waals surface area contributed by atoms with Gasteiger partial charge in [0.25, 0.3) is 0 Å². The molecule has 23 heavy (non-hydrogen) atoms. The van der Waals surface area contributed by atoms with Gasteiger partial charge in [0, 0.05) is 13.0 Å². The minimum atomic E-state index is -0.826. The molecule has 0 aromatic rings. The number of rotatable bonds is 12. The highest BCUT2D eigenvalue weighted by atomic mass is 16.4. The summed E-state index contributed by atoms with van der Waals surface area (Å²) in [6, 6.07) is 0. The zero-order chi connectivity index (χ0) is 18.0. The molecule has 0 saturated carbocycles. The van der Waals surface area contributed by atoms with Gasteiger partial charge in [0.1, 0.15) is 0 Å². The Hall–Kier alpha value is -1.10. The molecule has 3 unspecified atom stereocenters. The van der Waals surface area contributed by atoms with E-state index in [4.69, 9.17) is 5.84 Å². The summed E-state index contributed by atoms with van der Waals surface area (Å²) in [4.78, 5) is 23.3. The third-order valence-electron chi connectivity index (χ3n) is 4.78. The number of nitrogens with zero attached hydrogens (tertiary/aromatic N) is 1. The number of carbonyl (C=O) groups excluding carboxylic acids is 1. The number of hydrogen-bond donors (Lipinski definition) is 2. The van der Waals surface area contributed by atoms with Crippen LogP contribution < -0.4 is 5.84 Å². The van der Waals surface area contributed by atoms with Crippen molar-refractivity contribution in [2.45, 2.75) is 73.1 Å². The molecule has 0 aliphatic heterocycles. The van der Waals surface area contributed by atoms with Crippen molar-refractivity contribution in [1.29, 1.82) is 0 Å². The van der Waals surface area contributed by atoms with Crippen molar-refractivity contribution in [2.75, 3.05) is 6.54 Å². The van der Waals surface area contributed by atoms with E-state index in [0.29, 0.717) is 24.8 Å². The maximum Gasteiger partial charge on any atom is 0.303 e. The number of hydrogen-bond acceptors (Lipinski definition) is 3. The Bertz CT molecular complexity index is 358. The molecule has 3 atom stereocenters. The van der Waals surface area contributed by atoms with Crippen LogP contribution >= 0.6 is 0 Å². The van der Waals surface area contributed by atoms with Gasteiger partial charge in [-0.05, 0) is 30.1 Å². The van der Waals surface area contributed by atoms with Crippen LogP contribution in [0.2, 0.25) is 0 Å². The summed E-state index contributed by atoms with van der Waals surface area (Å²) in [5, 5.41) is 10.4. The van der Waals surface area contributed by atoms with Gasteiger partial charge >= 0.3 is 5.97 Å². The van der Waals surface area contributed by atoms with E-state index in [1.165, 1.54) is 5.01 Å². The lowest BCUT2D eigenvalue weighted by Gasteiger charge is -2.31. The number of aliphatic carboxylic acids is 1. The number of hydrazine groups is 1.